The maximum atomic E-state index is 6.23. The van der Waals surface area contributed by atoms with E-state index in [9.17, 15) is 0 Å². The van der Waals surface area contributed by atoms with Gasteiger partial charge >= 0.3 is 0 Å². The molecule has 1 atom stereocenters. The Morgan fingerprint density at radius 2 is 1.73 bits per heavy atom. The topological polar surface area (TPSA) is 34.2 Å². The van der Waals surface area contributed by atoms with Crippen LogP contribution < -0.4 is 19.1 Å². The number of fused-ring (bicyclic) bond motifs is 5. The second-order valence-corrected chi connectivity index (χ2v) is 9.54. The van der Waals surface area contributed by atoms with Crippen molar-refractivity contribution >= 4 is 5.69 Å². The minimum absolute atomic E-state index is 0.120. The Kier molecular flexibility index (Phi) is 4.17. The summed E-state index contributed by atoms with van der Waals surface area (Å²) in [7, 11) is 0. The fourth-order valence-electron chi connectivity index (χ4n) is 5.83. The predicted octanol–water partition coefficient (Wildman–Crippen LogP) is 4.03. The largest absolute Gasteiger partial charge is 0.492 e. The number of likely N-dealkylation sites (tertiary alicyclic amines) is 1. The average Bonchev–Trinajstić information content (AvgIpc) is 3.45. The monoisotopic (exact) mass is 406 g/mol. The minimum atomic E-state index is -0.120. The highest BCUT2D eigenvalue weighted by Gasteiger charge is 2.50. The van der Waals surface area contributed by atoms with E-state index in [1.54, 1.807) is 0 Å². The lowest BCUT2D eigenvalue weighted by molar-refractivity contribution is 0.151. The van der Waals surface area contributed by atoms with Gasteiger partial charge in [-0.1, -0.05) is 18.2 Å². The molecule has 2 aromatic carbocycles. The molecule has 1 spiro atoms. The lowest BCUT2D eigenvalue weighted by atomic mass is 9.77. The van der Waals surface area contributed by atoms with E-state index in [1.807, 2.05) is 6.07 Å². The molecular formula is C25H30N2O3. The summed E-state index contributed by atoms with van der Waals surface area (Å²) in [6.45, 7) is 10.1. The van der Waals surface area contributed by atoms with Gasteiger partial charge in [0.1, 0.15) is 12.4 Å². The molecule has 0 amide bonds. The molecule has 4 aliphatic rings. The van der Waals surface area contributed by atoms with Crippen molar-refractivity contribution in [3.8, 4) is 17.2 Å². The fraction of sp³-hybridized carbons (Fsp3) is 0.520. The van der Waals surface area contributed by atoms with Gasteiger partial charge in [0, 0.05) is 36.4 Å². The van der Waals surface area contributed by atoms with E-state index in [1.165, 1.54) is 42.7 Å². The van der Waals surface area contributed by atoms with Crippen molar-refractivity contribution in [2.24, 2.45) is 5.92 Å². The van der Waals surface area contributed by atoms with Gasteiger partial charge in [0.05, 0.1) is 5.41 Å². The highest BCUT2D eigenvalue weighted by Crippen LogP contribution is 2.54. The van der Waals surface area contributed by atoms with E-state index in [2.05, 4.69) is 54.0 Å². The summed E-state index contributed by atoms with van der Waals surface area (Å²) in [6.07, 6.45) is 2.57. The van der Waals surface area contributed by atoms with Gasteiger partial charge in [-0.05, 0) is 63.4 Å². The zero-order valence-corrected chi connectivity index (χ0v) is 17.9. The minimum Gasteiger partial charge on any atom is -0.492 e. The Hall–Kier alpha value is -2.40. The number of piperidine rings is 1. The predicted molar refractivity (Wildman–Crippen MR) is 117 cm³/mol. The number of para-hydroxylation sites is 1. The van der Waals surface area contributed by atoms with Gasteiger partial charge in [0.2, 0.25) is 6.79 Å². The number of ether oxygens (including phenoxy) is 3. The van der Waals surface area contributed by atoms with Gasteiger partial charge in [-0.15, -0.1) is 0 Å². The van der Waals surface area contributed by atoms with Crippen LogP contribution in [-0.2, 0) is 5.41 Å². The fourth-order valence-corrected chi connectivity index (χ4v) is 5.83. The van der Waals surface area contributed by atoms with Gasteiger partial charge in [-0.2, -0.15) is 0 Å². The number of benzene rings is 2. The van der Waals surface area contributed by atoms with E-state index < -0.39 is 0 Å². The van der Waals surface area contributed by atoms with Crippen molar-refractivity contribution in [1.82, 2.24) is 4.90 Å². The Bertz CT molecular complexity index is 967. The summed E-state index contributed by atoms with van der Waals surface area (Å²) in [5.74, 6) is 3.34. The Morgan fingerprint density at radius 3 is 2.53 bits per heavy atom. The highest BCUT2D eigenvalue weighted by atomic mass is 16.7. The maximum Gasteiger partial charge on any atom is 0.231 e. The van der Waals surface area contributed by atoms with Crippen LogP contribution in [0.3, 0.4) is 0 Å². The standard InChI is InChI=1S/C25H30N2O3/c1-17(2)26-9-7-18(8-10-26)13-27-14-25(19-5-3-4-6-21(19)27)15-28-22-12-24-23(11-20(22)25)29-16-30-24/h3-6,11-12,17-18H,7-10,13-16H2,1-2H3. The van der Waals surface area contributed by atoms with Crippen LogP contribution in [-0.4, -0.2) is 50.5 Å². The first-order chi connectivity index (χ1) is 14.6. The Labute approximate surface area is 178 Å². The third-order valence-corrected chi connectivity index (χ3v) is 7.54. The average molecular weight is 407 g/mol. The molecule has 158 valence electrons. The number of hydrogen-bond donors (Lipinski definition) is 0. The Morgan fingerprint density at radius 1 is 0.967 bits per heavy atom. The van der Waals surface area contributed by atoms with E-state index in [4.69, 9.17) is 14.2 Å². The molecular weight excluding hydrogens is 376 g/mol. The lowest BCUT2D eigenvalue weighted by Gasteiger charge is -2.37. The molecule has 4 aliphatic heterocycles. The second kappa shape index (κ2) is 6.81. The zero-order chi connectivity index (χ0) is 20.3. The van der Waals surface area contributed by atoms with Crippen molar-refractivity contribution in [2.75, 3.05) is 44.5 Å². The molecule has 1 saturated heterocycles. The van der Waals surface area contributed by atoms with Crippen LogP contribution in [0.5, 0.6) is 17.2 Å². The lowest BCUT2D eigenvalue weighted by Crippen LogP contribution is -2.43. The Balaban J connectivity index is 1.30. The molecule has 0 N–H and O–H groups in total. The molecule has 0 aliphatic carbocycles. The van der Waals surface area contributed by atoms with Crippen LogP contribution in [0.15, 0.2) is 36.4 Å². The summed E-state index contributed by atoms with van der Waals surface area (Å²) >= 11 is 0. The number of anilines is 1. The normalized spacial score (nSPS) is 25.1. The summed E-state index contributed by atoms with van der Waals surface area (Å²) in [5, 5.41) is 0. The van der Waals surface area contributed by atoms with Gasteiger partial charge < -0.3 is 24.0 Å². The molecule has 6 rings (SSSR count). The van der Waals surface area contributed by atoms with Crippen molar-refractivity contribution < 1.29 is 14.2 Å². The molecule has 0 radical (unpaired) electrons. The van der Waals surface area contributed by atoms with Crippen molar-refractivity contribution in [3.63, 3.8) is 0 Å². The summed E-state index contributed by atoms with van der Waals surface area (Å²) < 4.78 is 17.5. The third-order valence-electron chi connectivity index (χ3n) is 7.54. The van der Waals surface area contributed by atoms with Crippen LogP contribution in [0.4, 0.5) is 5.69 Å². The maximum absolute atomic E-state index is 6.23. The van der Waals surface area contributed by atoms with Gasteiger partial charge in [-0.3, -0.25) is 0 Å². The molecule has 0 saturated carbocycles. The van der Waals surface area contributed by atoms with Crippen LogP contribution in [0.2, 0.25) is 0 Å². The van der Waals surface area contributed by atoms with Crippen molar-refractivity contribution in [2.45, 2.75) is 38.1 Å². The summed E-state index contributed by atoms with van der Waals surface area (Å²) in [5.41, 5.74) is 3.89. The summed E-state index contributed by atoms with van der Waals surface area (Å²) in [4.78, 5) is 5.23. The van der Waals surface area contributed by atoms with E-state index in [0.717, 1.165) is 36.3 Å². The van der Waals surface area contributed by atoms with Crippen LogP contribution >= 0.6 is 0 Å². The van der Waals surface area contributed by atoms with E-state index in [-0.39, 0.29) is 5.41 Å². The van der Waals surface area contributed by atoms with E-state index >= 15 is 0 Å². The van der Waals surface area contributed by atoms with Crippen molar-refractivity contribution in [1.29, 1.82) is 0 Å². The molecule has 0 bridgehead atoms. The molecule has 5 nitrogen and oxygen atoms in total. The van der Waals surface area contributed by atoms with Crippen LogP contribution in [0.25, 0.3) is 0 Å². The molecule has 1 unspecified atom stereocenters. The van der Waals surface area contributed by atoms with Crippen molar-refractivity contribution in [3.05, 3.63) is 47.5 Å². The molecule has 1 fully saturated rings. The smallest absolute Gasteiger partial charge is 0.231 e. The van der Waals surface area contributed by atoms with Crippen LogP contribution in [0, 0.1) is 5.92 Å². The SMILES string of the molecule is CC(C)N1CCC(CN2CC3(COc4cc5c(cc43)OCO5)c3ccccc32)CC1. The summed E-state index contributed by atoms with van der Waals surface area (Å²) in [6, 6.07) is 13.7. The van der Waals surface area contributed by atoms with E-state index in [0.29, 0.717) is 19.4 Å². The molecule has 4 heterocycles. The van der Waals surface area contributed by atoms with Crippen LogP contribution in [0.1, 0.15) is 37.8 Å². The van der Waals surface area contributed by atoms with Gasteiger partial charge in [-0.25, -0.2) is 0 Å². The molecule has 2 aromatic rings. The first-order valence-corrected chi connectivity index (χ1v) is 11.3. The molecule has 5 heteroatoms. The number of nitrogens with zero attached hydrogens (tertiary/aromatic N) is 2. The first-order valence-electron chi connectivity index (χ1n) is 11.3. The van der Waals surface area contributed by atoms with Gasteiger partial charge in [0.25, 0.3) is 0 Å². The number of hydrogen-bond acceptors (Lipinski definition) is 5. The number of rotatable bonds is 3. The molecule has 30 heavy (non-hydrogen) atoms. The second-order valence-electron chi connectivity index (χ2n) is 9.54. The first kappa shape index (κ1) is 18.4. The quantitative estimate of drug-likeness (QED) is 0.769. The molecule has 0 aromatic heterocycles. The zero-order valence-electron chi connectivity index (χ0n) is 17.9. The third kappa shape index (κ3) is 2.71. The highest BCUT2D eigenvalue weighted by molar-refractivity contribution is 5.70. The van der Waals surface area contributed by atoms with Gasteiger partial charge in [0.15, 0.2) is 11.5 Å².